The number of hydrogen-bond acceptors (Lipinski definition) is 7. The fraction of sp³-hybridized carbons (Fsp3) is 0.364. The van der Waals surface area contributed by atoms with E-state index in [0.717, 1.165) is 20.9 Å². The van der Waals surface area contributed by atoms with E-state index in [2.05, 4.69) is 4.90 Å². The van der Waals surface area contributed by atoms with Gasteiger partial charge in [0.2, 0.25) is 5.91 Å². The van der Waals surface area contributed by atoms with Gasteiger partial charge in [0.1, 0.15) is 11.3 Å². The zero-order valence-corrected chi connectivity index (χ0v) is 20.0. The van der Waals surface area contributed by atoms with Crippen molar-refractivity contribution in [2.75, 3.05) is 43.9 Å². The highest BCUT2D eigenvalue weighted by Gasteiger charge is 2.25. The monoisotopic (exact) mass is 493 g/mol. The first-order valence-corrected chi connectivity index (χ1v) is 13.3. The van der Waals surface area contributed by atoms with E-state index in [1.165, 1.54) is 11.3 Å². The van der Waals surface area contributed by atoms with Gasteiger partial charge in [0, 0.05) is 32.6 Å². The molecule has 0 saturated carbocycles. The average Bonchev–Trinajstić information content (AvgIpc) is 3.25. The number of ether oxygens (including phenoxy) is 1. The second-order valence-corrected chi connectivity index (χ2v) is 11.2. The van der Waals surface area contributed by atoms with Crippen LogP contribution in [-0.2, 0) is 20.4 Å². The van der Waals surface area contributed by atoms with E-state index in [9.17, 15) is 13.2 Å². The van der Waals surface area contributed by atoms with Crippen molar-refractivity contribution in [3.8, 4) is 5.75 Å². The molecule has 0 radical (unpaired) electrons. The lowest BCUT2D eigenvalue weighted by Crippen LogP contribution is -2.49. The Hall–Kier alpha value is -2.36. The summed E-state index contributed by atoms with van der Waals surface area (Å²) in [5.41, 5.74) is 1.48. The minimum absolute atomic E-state index is 0.00309. The molecule has 7 nitrogen and oxygen atoms in total. The fourth-order valence-corrected chi connectivity index (χ4v) is 6.33. The molecule has 2 heterocycles. The van der Waals surface area contributed by atoms with Crippen molar-refractivity contribution in [1.29, 1.82) is 0 Å². The van der Waals surface area contributed by atoms with Crippen LogP contribution in [0.4, 0.5) is 5.13 Å². The summed E-state index contributed by atoms with van der Waals surface area (Å²) in [6.07, 6.45) is 0.00309. The first-order chi connectivity index (χ1) is 15.4. The first-order valence-electron chi connectivity index (χ1n) is 10.3. The Morgan fingerprint density at radius 3 is 2.53 bits per heavy atom. The summed E-state index contributed by atoms with van der Waals surface area (Å²) in [5, 5.41) is 1.47. The zero-order chi connectivity index (χ0) is 22.7. The SMILES string of the molecule is COc1ccc(Cl)c2sc(N3CCN(C(=O)CCS(=O)(=O)Cc4ccccc4)CC3)nc12. The Morgan fingerprint density at radius 2 is 1.84 bits per heavy atom. The van der Waals surface area contributed by atoms with Crippen molar-refractivity contribution < 1.29 is 17.9 Å². The van der Waals surface area contributed by atoms with E-state index < -0.39 is 9.84 Å². The van der Waals surface area contributed by atoms with Crippen LogP contribution in [0.3, 0.4) is 0 Å². The summed E-state index contributed by atoms with van der Waals surface area (Å²) in [7, 11) is -1.73. The number of thiazole rings is 1. The van der Waals surface area contributed by atoms with Gasteiger partial charge >= 0.3 is 0 Å². The van der Waals surface area contributed by atoms with Crippen LogP contribution >= 0.6 is 22.9 Å². The van der Waals surface area contributed by atoms with Crippen LogP contribution in [0.25, 0.3) is 10.2 Å². The molecule has 0 N–H and O–H groups in total. The molecule has 1 saturated heterocycles. The highest BCUT2D eigenvalue weighted by molar-refractivity contribution is 7.90. The molecule has 3 aromatic rings. The van der Waals surface area contributed by atoms with Crippen molar-refractivity contribution in [1.82, 2.24) is 9.88 Å². The molecule has 1 aliphatic rings. The number of amides is 1. The van der Waals surface area contributed by atoms with Crippen LogP contribution in [0.2, 0.25) is 5.02 Å². The first kappa shape index (κ1) is 22.8. The molecule has 170 valence electrons. The number of sulfone groups is 1. The lowest BCUT2D eigenvalue weighted by Gasteiger charge is -2.34. The highest BCUT2D eigenvalue weighted by Crippen LogP contribution is 2.38. The van der Waals surface area contributed by atoms with Crippen molar-refractivity contribution in [3.05, 3.63) is 53.1 Å². The van der Waals surface area contributed by atoms with Gasteiger partial charge in [-0.1, -0.05) is 53.3 Å². The number of aromatic nitrogens is 1. The standard InChI is InChI=1S/C22H24ClN3O4S2/c1-30-18-8-7-17(23)21-20(18)24-22(31-21)26-12-10-25(11-13-26)19(27)9-14-32(28,29)15-16-5-3-2-4-6-16/h2-8H,9-15H2,1H3. The van der Waals surface area contributed by atoms with Crippen molar-refractivity contribution in [2.24, 2.45) is 0 Å². The number of piperazine rings is 1. The highest BCUT2D eigenvalue weighted by atomic mass is 35.5. The largest absolute Gasteiger partial charge is 0.494 e. The summed E-state index contributed by atoms with van der Waals surface area (Å²) in [4.78, 5) is 21.2. The van der Waals surface area contributed by atoms with Crippen LogP contribution < -0.4 is 9.64 Å². The molecule has 1 aliphatic heterocycles. The second-order valence-electron chi connectivity index (χ2n) is 7.62. The van der Waals surface area contributed by atoms with Crippen LogP contribution in [0.1, 0.15) is 12.0 Å². The smallest absolute Gasteiger partial charge is 0.223 e. The maximum atomic E-state index is 12.6. The number of hydrogen-bond donors (Lipinski definition) is 0. The molecule has 0 bridgehead atoms. The maximum absolute atomic E-state index is 12.6. The molecule has 1 amide bonds. The van der Waals surface area contributed by atoms with Crippen molar-refractivity contribution in [3.63, 3.8) is 0 Å². The van der Waals surface area contributed by atoms with E-state index in [4.69, 9.17) is 21.3 Å². The Balaban J connectivity index is 1.33. The molecule has 0 aliphatic carbocycles. The van der Waals surface area contributed by atoms with Crippen molar-refractivity contribution in [2.45, 2.75) is 12.2 Å². The van der Waals surface area contributed by atoms with Crippen LogP contribution in [0.15, 0.2) is 42.5 Å². The van der Waals surface area contributed by atoms with Gasteiger partial charge in [-0.25, -0.2) is 13.4 Å². The van der Waals surface area contributed by atoms with E-state index in [1.54, 1.807) is 36.3 Å². The van der Waals surface area contributed by atoms with Gasteiger partial charge in [-0.3, -0.25) is 4.79 Å². The minimum atomic E-state index is -3.34. The maximum Gasteiger partial charge on any atom is 0.223 e. The lowest BCUT2D eigenvalue weighted by atomic mass is 10.2. The summed E-state index contributed by atoms with van der Waals surface area (Å²) >= 11 is 7.82. The fourth-order valence-electron chi connectivity index (χ4n) is 3.69. The molecule has 4 rings (SSSR count). The number of anilines is 1. The number of fused-ring (bicyclic) bond motifs is 1. The third-order valence-corrected chi connectivity index (χ3v) is 8.60. The molecule has 0 unspecified atom stereocenters. The van der Waals surface area contributed by atoms with Gasteiger partial charge < -0.3 is 14.5 Å². The second kappa shape index (κ2) is 9.64. The van der Waals surface area contributed by atoms with Gasteiger partial charge in [-0.05, 0) is 17.7 Å². The zero-order valence-electron chi connectivity index (χ0n) is 17.7. The summed E-state index contributed by atoms with van der Waals surface area (Å²) in [5.74, 6) is 0.364. The molecule has 10 heteroatoms. The van der Waals surface area contributed by atoms with E-state index >= 15 is 0 Å². The normalized spacial score (nSPS) is 14.7. The van der Waals surface area contributed by atoms with Gasteiger partial charge in [0.25, 0.3) is 0 Å². The molecule has 32 heavy (non-hydrogen) atoms. The van der Waals surface area contributed by atoms with Crippen LogP contribution in [-0.4, -0.2) is 63.3 Å². The number of carbonyl (C=O) groups is 1. The third kappa shape index (κ3) is 5.16. The minimum Gasteiger partial charge on any atom is -0.494 e. The Labute approximate surface area is 196 Å². The van der Waals surface area contributed by atoms with Crippen LogP contribution in [0.5, 0.6) is 5.75 Å². The Bertz CT molecular complexity index is 1210. The molecular weight excluding hydrogens is 470 g/mol. The summed E-state index contributed by atoms with van der Waals surface area (Å²) in [6.45, 7) is 2.31. The number of rotatable bonds is 7. The molecule has 0 atom stereocenters. The Kier molecular flexibility index (Phi) is 6.88. The molecule has 2 aromatic carbocycles. The number of methoxy groups -OCH3 is 1. The van der Waals surface area contributed by atoms with Gasteiger partial charge in [-0.2, -0.15) is 0 Å². The Morgan fingerprint density at radius 1 is 1.12 bits per heavy atom. The number of carbonyl (C=O) groups excluding carboxylic acids is 1. The van der Waals surface area contributed by atoms with E-state index in [1.807, 2.05) is 18.2 Å². The molecule has 1 aromatic heterocycles. The summed E-state index contributed by atoms with van der Waals surface area (Å²) < 4.78 is 31.0. The topological polar surface area (TPSA) is 79.8 Å². The van der Waals surface area contributed by atoms with Gasteiger partial charge in [-0.15, -0.1) is 0 Å². The molecule has 1 fully saturated rings. The van der Waals surface area contributed by atoms with Crippen molar-refractivity contribution >= 4 is 54.0 Å². The summed E-state index contributed by atoms with van der Waals surface area (Å²) in [6, 6.07) is 12.6. The lowest BCUT2D eigenvalue weighted by molar-refractivity contribution is -0.131. The predicted octanol–water partition coefficient (Wildman–Crippen LogP) is 3.61. The molecular formula is C22H24ClN3O4S2. The van der Waals surface area contributed by atoms with Crippen LogP contribution in [0, 0.1) is 0 Å². The predicted molar refractivity (Wildman–Crippen MR) is 129 cm³/mol. The number of benzene rings is 2. The number of nitrogens with zero attached hydrogens (tertiary/aromatic N) is 3. The van der Waals surface area contributed by atoms with Gasteiger partial charge in [0.05, 0.1) is 28.3 Å². The van der Waals surface area contributed by atoms with E-state index in [0.29, 0.717) is 37.0 Å². The average molecular weight is 494 g/mol. The quantitative estimate of drug-likeness (QED) is 0.500. The van der Waals surface area contributed by atoms with E-state index in [-0.39, 0.29) is 23.8 Å². The molecule has 0 spiro atoms. The van der Waals surface area contributed by atoms with Gasteiger partial charge in [0.15, 0.2) is 15.0 Å². The third-order valence-electron chi connectivity index (χ3n) is 5.43. The number of halogens is 1.